The number of carboxylic acids is 1. The summed E-state index contributed by atoms with van der Waals surface area (Å²) in [7, 11) is 1.96. The van der Waals surface area contributed by atoms with E-state index in [0.29, 0.717) is 12.1 Å². The molecule has 1 N–H and O–H groups in total. The van der Waals surface area contributed by atoms with Gasteiger partial charge in [-0.25, -0.2) is 9.78 Å². The lowest BCUT2D eigenvalue weighted by Crippen LogP contribution is -2.15. The highest BCUT2D eigenvalue weighted by molar-refractivity contribution is 7.13. The number of nitrogens with zero attached hydrogens (tertiary/aromatic N) is 2. The zero-order valence-electron chi connectivity index (χ0n) is 9.33. The molecule has 1 aromatic heterocycles. The number of anilines is 1. The van der Waals surface area contributed by atoms with E-state index in [4.69, 9.17) is 5.11 Å². The molecule has 0 aliphatic heterocycles. The first-order valence-corrected chi connectivity index (χ1v) is 5.97. The molecule has 0 radical (unpaired) electrons. The van der Waals surface area contributed by atoms with Crippen LogP contribution >= 0.6 is 11.3 Å². The van der Waals surface area contributed by atoms with Gasteiger partial charge in [-0.3, -0.25) is 0 Å². The minimum Gasteiger partial charge on any atom is -0.478 e. The van der Waals surface area contributed by atoms with Crippen molar-refractivity contribution in [2.24, 2.45) is 0 Å². The molecule has 4 nitrogen and oxygen atoms in total. The van der Waals surface area contributed by atoms with Crippen LogP contribution in [0.2, 0.25) is 0 Å². The van der Waals surface area contributed by atoms with E-state index >= 15 is 0 Å². The molecule has 0 saturated carbocycles. The number of aromatic carboxylic acids is 1. The monoisotopic (exact) mass is 248 g/mol. The number of hydrogen-bond acceptors (Lipinski definition) is 4. The Morgan fingerprint density at radius 2 is 2.12 bits per heavy atom. The zero-order chi connectivity index (χ0) is 12.3. The van der Waals surface area contributed by atoms with E-state index in [1.165, 1.54) is 0 Å². The molecular weight excluding hydrogens is 236 g/mol. The second kappa shape index (κ2) is 4.97. The van der Waals surface area contributed by atoms with Gasteiger partial charge in [0, 0.05) is 25.2 Å². The highest BCUT2D eigenvalue weighted by atomic mass is 32.1. The lowest BCUT2D eigenvalue weighted by molar-refractivity contribution is 0.0697. The first-order valence-electron chi connectivity index (χ1n) is 5.09. The fourth-order valence-corrected chi connectivity index (χ4v) is 2.11. The fraction of sp³-hybridized carbons (Fsp3) is 0.167. The van der Waals surface area contributed by atoms with E-state index < -0.39 is 5.97 Å². The van der Waals surface area contributed by atoms with Gasteiger partial charge in [-0.2, -0.15) is 0 Å². The lowest BCUT2D eigenvalue weighted by atomic mass is 10.1. The van der Waals surface area contributed by atoms with E-state index in [2.05, 4.69) is 4.98 Å². The van der Waals surface area contributed by atoms with Crippen molar-refractivity contribution in [3.63, 3.8) is 0 Å². The molecular formula is C12H12N2O2S. The van der Waals surface area contributed by atoms with Crippen molar-refractivity contribution in [2.75, 3.05) is 11.9 Å². The highest BCUT2D eigenvalue weighted by Crippen LogP contribution is 2.18. The molecule has 0 bridgehead atoms. The Labute approximate surface area is 103 Å². The van der Waals surface area contributed by atoms with Crippen molar-refractivity contribution in [1.82, 2.24) is 4.98 Å². The highest BCUT2D eigenvalue weighted by Gasteiger charge is 2.06. The molecule has 0 fully saturated rings. The zero-order valence-corrected chi connectivity index (χ0v) is 10.1. The molecule has 0 aliphatic carbocycles. The fourth-order valence-electron chi connectivity index (χ4n) is 1.50. The van der Waals surface area contributed by atoms with Crippen LogP contribution in [0.1, 0.15) is 15.9 Å². The largest absolute Gasteiger partial charge is 0.478 e. The maximum Gasteiger partial charge on any atom is 0.335 e. The Kier molecular flexibility index (Phi) is 3.39. The molecule has 0 aliphatic rings. The van der Waals surface area contributed by atoms with E-state index in [1.807, 2.05) is 29.5 Å². The van der Waals surface area contributed by atoms with Crippen LogP contribution in [-0.2, 0) is 6.54 Å². The van der Waals surface area contributed by atoms with Gasteiger partial charge in [0.05, 0.1) is 5.56 Å². The van der Waals surface area contributed by atoms with Crippen molar-refractivity contribution in [1.29, 1.82) is 0 Å². The number of hydrogen-bond donors (Lipinski definition) is 1. The van der Waals surface area contributed by atoms with Crippen molar-refractivity contribution in [2.45, 2.75) is 6.54 Å². The van der Waals surface area contributed by atoms with Gasteiger partial charge in [0.2, 0.25) is 0 Å². The summed E-state index contributed by atoms with van der Waals surface area (Å²) in [4.78, 5) is 16.9. The third-order valence-electron chi connectivity index (χ3n) is 2.37. The van der Waals surface area contributed by atoms with Crippen LogP contribution in [0.25, 0.3) is 0 Å². The van der Waals surface area contributed by atoms with Gasteiger partial charge < -0.3 is 10.0 Å². The minimum absolute atomic E-state index is 0.311. The Morgan fingerprint density at radius 3 is 2.65 bits per heavy atom. The van der Waals surface area contributed by atoms with Gasteiger partial charge in [0.1, 0.15) is 0 Å². The predicted molar refractivity (Wildman–Crippen MR) is 67.6 cm³/mol. The lowest BCUT2D eigenvalue weighted by Gasteiger charge is -2.15. The number of thiazole rings is 1. The Hall–Kier alpha value is -1.88. The first kappa shape index (κ1) is 11.6. The number of carbonyl (C=O) groups is 1. The standard InChI is InChI=1S/C12H12N2O2S/c1-14(12-13-6-7-17-12)8-9-2-4-10(5-3-9)11(15)16/h2-7H,8H2,1H3,(H,15,16). The molecule has 2 rings (SSSR count). The summed E-state index contributed by atoms with van der Waals surface area (Å²) in [5.74, 6) is -0.898. The molecule has 0 saturated heterocycles. The third kappa shape index (κ3) is 2.82. The summed E-state index contributed by atoms with van der Waals surface area (Å²) in [6, 6.07) is 6.89. The molecule has 0 atom stereocenters. The van der Waals surface area contributed by atoms with Gasteiger partial charge >= 0.3 is 5.97 Å². The van der Waals surface area contributed by atoms with Crippen molar-refractivity contribution in [3.05, 3.63) is 47.0 Å². The van der Waals surface area contributed by atoms with Gasteiger partial charge in [-0.15, -0.1) is 11.3 Å². The average Bonchev–Trinajstić information content (AvgIpc) is 2.83. The SMILES string of the molecule is CN(Cc1ccc(C(=O)O)cc1)c1nccs1. The second-order valence-electron chi connectivity index (χ2n) is 3.67. The summed E-state index contributed by atoms with van der Waals surface area (Å²) in [5.41, 5.74) is 1.37. The van der Waals surface area contributed by atoms with Gasteiger partial charge in [0.25, 0.3) is 0 Å². The molecule has 1 aromatic carbocycles. The molecule has 2 aromatic rings. The summed E-state index contributed by atoms with van der Waals surface area (Å²) in [6.07, 6.45) is 1.77. The Morgan fingerprint density at radius 1 is 1.41 bits per heavy atom. The first-order chi connectivity index (χ1) is 8.16. The van der Waals surface area contributed by atoms with Crippen LogP contribution in [0.15, 0.2) is 35.8 Å². The van der Waals surface area contributed by atoms with Gasteiger partial charge in [0.15, 0.2) is 5.13 Å². The second-order valence-corrected chi connectivity index (χ2v) is 4.55. The quantitative estimate of drug-likeness (QED) is 0.903. The number of aromatic nitrogens is 1. The third-order valence-corrected chi connectivity index (χ3v) is 3.25. The molecule has 0 unspecified atom stereocenters. The van der Waals surface area contributed by atoms with Gasteiger partial charge in [-0.05, 0) is 17.7 Å². The normalized spacial score (nSPS) is 10.2. The van der Waals surface area contributed by atoms with Crippen LogP contribution in [0.4, 0.5) is 5.13 Å². The van der Waals surface area contributed by atoms with Crippen LogP contribution in [0, 0.1) is 0 Å². The van der Waals surface area contributed by atoms with Crippen molar-refractivity contribution < 1.29 is 9.90 Å². The molecule has 17 heavy (non-hydrogen) atoms. The van der Waals surface area contributed by atoms with E-state index in [1.54, 1.807) is 29.7 Å². The smallest absolute Gasteiger partial charge is 0.335 e. The number of benzene rings is 1. The molecule has 88 valence electrons. The van der Waals surface area contributed by atoms with Crippen molar-refractivity contribution in [3.8, 4) is 0 Å². The summed E-state index contributed by atoms with van der Waals surface area (Å²) in [6.45, 7) is 0.716. The molecule has 0 amide bonds. The van der Waals surface area contributed by atoms with E-state index in [0.717, 1.165) is 10.7 Å². The van der Waals surface area contributed by atoms with Crippen LogP contribution < -0.4 is 4.90 Å². The van der Waals surface area contributed by atoms with Crippen LogP contribution in [-0.4, -0.2) is 23.1 Å². The summed E-state index contributed by atoms with van der Waals surface area (Å²) < 4.78 is 0. The summed E-state index contributed by atoms with van der Waals surface area (Å²) >= 11 is 1.58. The molecule has 1 heterocycles. The maximum atomic E-state index is 10.7. The average molecular weight is 248 g/mol. The van der Waals surface area contributed by atoms with E-state index in [-0.39, 0.29) is 0 Å². The number of carboxylic acid groups (broad SMARTS) is 1. The van der Waals surface area contributed by atoms with Crippen molar-refractivity contribution >= 4 is 22.4 Å². The minimum atomic E-state index is -0.898. The molecule has 0 spiro atoms. The summed E-state index contributed by atoms with van der Waals surface area (Å²) in [5, 5.41) is 11.7. The van der Waals surface area contributed by atoms with Crippen LogP contribution in [0.3, 0.4) is 0 Å². The maximum absolute atomic E-state index is 10.7. The van der Waals surface area contributed by atoms with E-state index in [9.17, 15) is 4.79 Å². The van der Waals surface area contributed by atoms with Crippen LogP contribution in [0.5, 0.6) is 0 Å². The topological polar surface area (TPSA) is 53.4 Å². The Balaban J connectivity index is 2.06. The molecule has 5 heteroatoms. The van der Waals surface area contributed by atoms with Gasteiger partial charge in [-0.1, -0.05) is 12.1 Å². The predicted octanol–water partition coefficient (Wildman–Crippen LogP) is 2.48. The Bertz CT molecular complexity index is 494. The number of rotatable bonds is 4.